The average molecular weight is 629 g/mol. The standard InChI is InChI=1S/C26H32N18O2/c1-13-19(33-35-23-15(10-31-41(23)7)25(45)39(3)4)21(27)43(37-13)17-9-18(30-12-29-17)44-22(28)20(14(2)38-44)34-36-24-16(11-32-42(24)8)26(46)40(5)6/h9-12H,27-28H2,1-8H3/b35-33+,36-34+. The van der Waals surface area contributed by atoms with E-state index in [9.17, 15) is 9.59 Å². The van der Waals surface area contributed by atoms with Crippen molar-refractivity contribution >= 4 is 46.5 Å². The number of aryl methyl sites for hydroxylation is 4. The molecule has 5 aromatic rings. The van der Waals surface area contributed by atoms with Crippen molar-refractivity contribution in [3.63, 3.8) is 0 Å². The number of nitrogens with zero attached hydrogens (tertiary/aromatic N) is 16. The van der Waals surface area contributed by atoms with Crippen LogP contribution in [0, 0.1) is 13.8 Å². The zero-order chi connectivity index (χ0) is 33.4. The van der Waals surface area contributed by atoms with Gasteiger partial charge < -0.3 is 21.3 Å². The van der Waals surface area contributed by atoms with Crippen LogP contribution in [-0.2, 0) is 14.1 Å². The van der Waals surface area contributed by atoms with Crippen molar-refractivity contribution in [3.05, 3.63) is 47.3 Å². The van der Waals surface area contributed by atoms with E-state index in [0.717, 1.165) is 0 Å². The molecule has 0 spiro atoms. The molecule has 5 aromatic heterocycles. The van der Waals surface area contributed by atoms with Gasteiger partial charge in [0.15, 0.2) is 46.3 Å². The van der Waals surface area contributed by atoms with Gasteiger partial charge >= 0.3 is 0 Å². The van der Waals surface area contributed by atoms with Gasteiger partial charge in [-0.25, -0.2) is 19.3 Å². The van der Waals surface area contributed by atoms with Crippen LogP contribution in [0.5, 0.6) is 0 Å². The Hall–Kier alpha value is -6.34. The van der Waals surface area contributed by atoms with Crippen molar-refractivity contribution in [1.82, 2.24) is 58.9 Å². The molecule has 4 N–H and O–H groups in total. The Morgan fingerprint density at radius 1 is 0.696 bits per heavy atom. The van der Waals surface area contributed by atoms with Gasteiger partial charge in [-0.3, -0.25) is 9.59 Å². The molecule has 5 heterocycles. The van der Waals surface area contributed by atoms with Crippen LogP contribution in [0.25, 0.3) is 11.6 Å². The highest BCUT2D eigenvalue weighted by Crippen LogP contribution is 2.33. The lowest BCUT2D eigenvalue weighted by molar-refractivity contribution is 0.0821. The molecular formula is C26H32N18O2. The van der Waals surface area contributed by atoms with E-state index in [-0.39, 0.29) is 57.6 Å². The molecule has 238 valence electrons. The van der Waals surface area contributed by atoms with Crippen molar-refractivity contribution in [1.29, 1.82) is 0 Å². The summed E-state index contributed by atoms with van der Waals surface area (Å²) in [6.07, 6.45) is 4.16. The summed E-state index contributed by atoms with van der Waals surface area (Å²) in [4.78, 5) is 36.6. The van der Waals surface area contributed by atoms with Gasteiger partial charge in [0.1, 0.15) is 17.5 Å². The second-order valence-electron chi connectivity index (χ2n) is 10.5. The van der Waals surface area contributed by atoms with Gasteiger partial charge in [0, 0.05) is 48.4 Å². The minimum Gasteiger partial charge on any atom is -0.382 e. The molecule has 5 rings (SSSR count). The summed E-state index contributed by atoms with van der Waals surface area (Å²) in [6, 6.07) is 1.58. The number of aromatic nitrogens is 10. The van der Waals surface area contributed by atoms with E-state index in [1.54, 1.807) is 62.2 Å². The minimum absolute atomic E-state index is 0.145. The maximum atomic E-state index is 12.5. The first kappa shape index (κ1) is 31.1. The summed E-state index contributed by atoms with van der Waals surface area (Å²) in [5, 5.41) is 34.3. The number of carbonyl (C=O) groups is 2. The molecule has 0 aromatic carbocycles. The molecule has 0 bridgehead atoms. The van der Waals surface area contributed by atoms with Crippen molar-refractivity contribution in [3.8, 4) is 11.6 Å². The van der Waals surface area contributed by atoms with Crippen LogP contribution in [0.4, 0.5) is 34.6 Å². The summed E-state index contributed by atoms with van der Waals surface area (Å²) in [5.41, 5.74) is 14.9. The summed E-state index contributed by atoms with van der Waals surface area (Å²) in [7, 11) is 9.84. The van der Waals surface area contributed by atoms with E-state index in [2.05, 4.69) is 50.8 Å². The molecule has 2 amide bonds. The molecule has 46 heavy (non-hydrogen) atoms. The summed E-state index contributed by atoms with van der Waals surface area (Å²) in [6.45, 7) is 3.43. The largest absolute Gasteiger partial charge is 0.382 e. The lowest BCUT2D eigenvalue weighted by Gasteiger charge is -2.08. The second-order valence-corrected chi connectivity index (χ2v) is 10.5. The van der Waals surface area contributed by atoms with E-state index in [1.807, 2.05) is 0 Å². The number of nitrogen functional groups attached to an aromatic ring is 2. The predicted molar refractivity (Wildman–Crippen MR) is 165 cm³/mol. The molecular weight excluding hydrogens is 596 g/mol. The van der Waals surface area contributed by atoms with Gasteiger partial charge in [0.2, 0.25) is 0 Å². The Balaban J connectivity index is 1.46. The molecule has 0 fully saturated rings. The van der Waals surface area contributed by atoms with Gasteiger partial charge in [-0.05, 0) is 13.8 Å². The van der Waals surface area contributed by atoms with Gasteiger partial charge in [-0.2, -0.15) is 29.8 Å². The number of azo groups is 2. The van der Waals surface area contributed by atoms with Gasteiger partial charge in [0.05, 0.1) is 23.8 Å². The Morgan fingerprint density at radius 3 is 1.46 bits per heavy atom. The first-order chi connectivity index (χ1) is 21.8. The van der Waals surface area contributed by atoms with Crippen LogP contribution in [-0.4, -0.2) is 98.9 Å². The lowest BCUT2D eigenvalue weighted by atomic mass is 10.3. The third kappa shape index (κ3) is 5.53. The molecule has 20 nitrogen and oxygen atoms in total. The van der Waals surface area contributed by atoms with Crippen LogP contribution in [0.3, 0.4) is 0 Å². The monoisotopic (exact) mass is 628 g/mol. The summed E-state index contributed by atoms with van der Waals surface area (Å²) < 4.78 is 5.64. The van der Waals surface area contributed by atoms with Crippen LogP contribution in [0.15, 0.2) is 45.2 Å². The SMILES string of the molecule is Cc1nn(-c2cc(-n3nc(C)c(/N=N/c4c(C(=O)N(C)C)cnn4C)c3N)ncn2)c(N)c1/N=N/c1c(C(=O)N(C)C)cnn1C. The van der Waals surface area contributed by atoms with Crippen molar-refractivity contribution in [2.45, 2.75) is 13.8 Å². The van der Waals surface area contributed by atoms with E-state index in [1.165, 1.54) is 47.2 Å². The zero-order valence-electron chi connectivity index (χ0n) is 26.4. The number of amides is 2. The number of anilines is 2. The third-order valence-corrected chi connectivity index (χ3v) is 6.78. The van der Waals surface area contributed by atoms with Crippen molar-refractivity contribution in [2.24, 2.45) is 34.6 Å². The van der Waals surface area contributed by atoms with Crippen LogP contribution in [0.2, 0.25) is 0 Å². The van der Waals surface area contributed by atoms with Crippen LogP contribution in [0.1, 0.15) is 32.1 Å². The van der Waals surface area contributed by atoms with E-state index < -0.39 is 0 Å². The van der Waals surface area contributed by atoms with Gasteiger partial charge in [-0.15, -0.1) is 20.5 Å². The summed E-state index contributed by atoms with van der Waals surface area (Å²) >= 11 is 0. The quantitative estimate of drug-likeness (QED) is 0.238. The number of nitrogens with two attached hydrogens (primary N) is 2. The van der Waals surface area contributed by atoms with Crippen LogP contribution < -0.4 is 11.5 Å². The average Bonchev–Trinajstić information content (AvgIpc) is 3.74. The number of hydrogen-bond donors (Lipinski definition) is 2. The highest BCUT2D eigenvalue weighted by molar-refractivity contribution is 5.98. The molecule has 20 heteroatoms. The third-order valence-electron chi connectivity index (χ3n) is 6.78. The Labute approximate surface area is 262 Å². The van der Waals surface area contributed by atoms with Crippen molar-refractivity contribution in [2.75, 3.05) is 39.7 Å². The summed E-state index contributed by atoms with van der Waals surface area (Å²) in [5.74, 6) is 0.873. The molecule has 0 saturated carbocycles. The van der Waals surface area contributed by atoms with Crippen LogP contribution >= 0.6 is 0 Å². The molecule has 0 saturated heterocycles. The van der Waals surface area contributed by atoms with E-state index >= 15 is 0 Å². The minimum atomic E-state index is -0.269. The van der Waals surface area contributed by atoms with E-state index in [0.29, 0.717) is 23.0 Å². The van der Waals surface area contributed by atoms with Crippen molar-refractivity contribution < 1.29 is 9.59 Å². The second kappa shape index (κ2) is 12.0. The normalized spacial score (nSPS) is 11.7. The first-order valence-electron chi connectivity index (χ1n) is 13.6. The number of carbonyl (C=O) groups excluding carboxylic acids is 2. The smallest absolute Gasteiger partial charge is 0.258 e. The first-order valence-corrected chi connectivity index (χ1v) is 13.6. The fraction of sp³-hybridized carbons (Fsp3) is 0.308. The molecule has 0 aliphatic heterocycles. The van der Waals surface area contributed by atoms with Gasteiger partial charge in [0.25, 0.3) is 11.8 Å². The molecule has 0 radical (unpaired) electrons. The Morgan fingerprint density at radius 2 is 1.09 bits per heavy atom. The fourth-order valence-electron chi connectivity index (χ4n) is 4.32. The van der Waals surface area contributed by atoms with Gasteiger partial charge in [-0.1, -0.05) is 0 Å². The maximum Gasteiger partial charge on any atom is 0.258 e. The Kier molecular flexibility index (Phi) is 8.10. The molecule has 0 aliphatic carbocycles. The highest BCUT2D eigenvalue weighted by atomic mass is 16.2. The molecule has 0 atom stereocenters. The number of rotatable bonds is 8. The maximum absolute atomic E-state index is 12.5. The molecule has 0 unspecified atom stereocenters. The number of hydrogen-bond acceptors (Lipinski definition) is 14. The lowest BCUT2D eigenvalue weighted by Crippen LogP contribution is -2.21. The topological polar surface area (TPSA) is 239 Å². The predicted octanol–water partition coefficient (Wildman–Crippen LogP) is 2.33. The van der Waals surface area contributed by atoms with E-state index in [4.69, 9.17) is 11.5 Å². The Bertz CT molecular complexity index is 1880. The molecule has 0 aliphatic rings. The fourth-order valence-corrected chi connectivity index (χ4v) is 4.32. The zero-order valence-corrected chi connectivity index (χ0v) is 26.4. The highest BCUT2D eigenvalue weighted by Gasteiger charge is 2.22.